The molecule has 1 rings (SSSR count). The van der Waals surface area contributed by atoms with E-state index in [1.54, 1.807) is 14.0 Å². The summed E-state index contributed by atoms with van der Waals surface area (Å²) in [6.07, 6.45) is 1.28. The Labute approximate surface area is 92.2 Å². The van der Waals surface area contributed by atoms with Gasteiger partial charge in [-0.2, -0.15) is 0 Å². The van der Waals surface area contributed by atoms with Crippen molar-refractivity contribution in [1.29, 1.82) is 0 Å². The monoisotopic (exact) mass is 229 g/mol. The molecule has 4 N–H and O–H groups in total. The Kier molecular flexibility index (Phi) is 3.68. The van der Waals surface area contributed by atoms with Gasteiger partial charge in [-0.1, -0.05) is 11.6 Å². The third-order valence-electron chi connectivity index (χ3n) is 1.83. The van der Waals surface area contributed by atoms with Gasteiger partial charge in [0, 0.05) is 7.05 Å². The van der Waals surface area contributed by atoms with Crippen molar-refractivity contribution in [1.82, 2.24) is 15.3 Å². The van der Waals surface area contributed by atoms with Gasteiger partial charge in [-0.25, -0.2) is 9.97 Å². The molecular formula is C8H12ClN5O. The minimum Gasteiger partial charge on any atom is -0.393 e. The Hall–Kier alpha value is -1.56. The van der Waals surface area contributed by atoms with Crippen molar-refractivity contribution >= 4 is 29.0 Å². The SMILES string of the molecule is CNC(=O)C(C)Nc1ncnc(Cl)c1N. The molecule has 15 heavy (non-hydrogen) atoms. The van der Waals surface area contributed by atoms with Gasteiger partial charge >= 0.3 is 0 Å². The van der Waals surface area contributed by atoms with Crippen LogP contribution >= 0.6 is 11.6 Å². The van der Waals surface area contributed by atoms with Gasteiger partial charge in [-0.05, 0) is 6.92 Å². The van der Waals surface area contributed by atoms with Gasteiger partial charge in [-0.15, -0.1) is 0 Å². The highest BCUT2D eigenvalue weighted by atomic mass is 35.5. The van der Waals surface area contributed by atoms with Crippen molar-refractivity contribution in [3.63, 3.8) is 0 Å². The maximum Gasteiger partial charge on any atom is 0.241 e. The normalized spacial score (nSPS) is 11.9. The summed E-state index contributed by atoms with van der Waals surface area (Å²) in [4.78, 5) is 18.8. The minimum absolute atomic E-state index is 0.163. The van der Waals surface area contributed by atoms with Crippen LogP contribution in [0.15, 0.2) is 6.33 Å². The zero-order chi connectivity index (χ0) is 11.4. The summed E-state index contributed by atoms with van der Waals surface area (Å²) in [6, 6.07) is -0.441. The molecule has 0 fully saturated rings. The summed E-state index contributed by atoms with van der Waals surface area (Å²) < 4.78 is 0. The van der Waals surface area contributed by atoms with Gasteiger partial charge in [0.25, 0.3) is 0 Å². The molecule has 1 aromatic heterocycles. The van der Waals surface area contributed by atoms with Crippen molar-refractivity contribution in [2.45, 2.75) is 13.0 Å². The van der Waals surface area contributed by atoms with Crippen LogP contribution in [-0.2, 0) is 4.79 Å². The highest BCUT2D eigenvalue weighted by Gasteiger charge is 2.13. The van der Waals surface area contributed by atoms with E-state index >= 15 is 0 Å². The number of amides is 1. The maximum absolute atomic E-state index is 11.2. The van der Waals surface area contributed by atoms with Gasteiger partial charge in [0.05, 0.1) is 0 Å². The number of hydrogen-bond donors (Lipinski definition) is 3. The lowest BCUT2D eigenvalue weighted by molar-refractivity contribution is -0.121. The van der Waals surface area contributed by atoms with Gasteiger partial charge < -0.3 is 16.4 Å². The van der Waals surface area contributed by atoms with E-state index in [0.29, 0.717) is 5.82 Å². The summed E-state index contributed by atoms with van der Waals surface area (Å²) in [7, 11) is 1.55. The molecule has 1 atom stereocenters. The van der Waals surface area contributed by atoms with Gasteiger partial charge in [0.15, 0.2) is 11.0 Å². The van der Waals surface area contributed by atoms with Crippen molar-refractivity contribution < 1.29 is 4.79 Å². The number of nitrogen functional groups attached to an aromatic ring is 1. The Morgan fingerprint density at radius 2 is 2.27 bits per heavy atom. The second-order valence-corrected chi connectivity index (χ2v) is 3.27. The van der Waals surface area contributed by atoms with Gasteiger partial charge in [0.2, 0.25) is 5.91 Å². The fourth-order valence-electron chi connectivity index (χ4n) is 0.976. The standard InChI is InChI=1S/C8H12ClN5O/c1-4(8(15)11-2)14-7-5(10)6(9)12-3-13-7/h3-4H,10H2,1-2H3,(H,11,15)(H,12,13,14). The van der Waals surface area contributed by atoms with E-state index in [0.717, 1.165) is 0 Å². The number of nitrogens with two attached hydrogens (primary N) is 1. The average molecular weight is 230 g/mol. The summed E-state index contributed by atoms with van der Waals surface area (Å²) >= 11 is 5.69. The number of anilines is 2. The van der Waals surface area contributed by atoms with Crippen molar-refractivity contribution in [3.05, 3.63) is 11.5 Å². The molecule has 7 heteroatoms. The lowest BCUT2D eigenvalue weighted by atomic mass is 10.3. The third-order valence-corrected chi connectivity index (χ3v) is 2.13. The van der Waals surface area contributed by atoms with Crippen LogP contribution in [0.25, 0.3) is 0 Å². The molecule has 0 bridgehead atoms. The lowest BCUT2D eigenvalue weighted by Gasteiger charge is -2.14. The van der Waals surface area contributed by atoms with Crippen molar-refractivity contribution in [2.24, 2.45) is 0 Å². The molecule has 1 unspecified atom stereocenters. The van der Waals surface area contributed by atoms with E-state index in [1.807, 2.05) is 0 Å². The van der Waals surface area contributed by atoms with Gasteiger partial charge in [0.1, 0.15) is 18.1 Å². The highest BCUT2D eigenvalue weighted by Crippen LogP contribution is 2.22. The minimum atomic E-state index is -0.441. The lowest BCUT2D eigenvalue weighted by Crippen LogP contribution is -2.35. The fraction of sp³-hybridized carbons (Fsp3) is 0.375. The first-order chi connectivity index (χ1) is 7.06. The number of aromatic nitrogens is 2. The first-order valence-electron chi connectivity index (χ1n) is 4.30. The predicted octanol–water partition coefficient (Wildman–Crippen LogP) is 0.259. The Morgan fingerprint density at radius 1 is 1.60 bits per heavy atom. The average Bonchev–Trinajstić information content (AvgIpc) is 2.23. The number of nitrogens with zero attached hydrogens (tertiary/aromatic N) is 2. The number of rotatable bonds is 3. The molecule has 0 aliphatic heterocycles. The van der Waals surface area contributed by atoms with Crippen LogP contribution in [0.2, 0.25) is 5.15 Å². The summed E-state index contributed by atoms with van der Waals surface area (Å²) in [5, 5.41) is 5.49. The van der Waals surface area contributed by atoms with E-state index in [-0.39, 0.29) is 16.7 Å². The largest absolute Gasteiger partial charge is 0.393 e. The van der Waals surface area contributed by atoms with E-state index < -0.39 is 6.04 Å². The fourth-order valence-corrected chi connectivity index (χ4v) is 1.11. The molecular weight excluding hydrogens is 218 g/mol. The topological polar surface area (TPSA) is 92.9 Å². The van der Waals surface area contributed by atoms with Crippen LogP contribution in [0, 0.1) is 0 Å². The highest BCUT2D eigenvalue weighted by molar-refractivity contribution is 6.32. The number of halogens is 1. The van der Waals surface area contributed by atoms with E-state index in [9.17, 15) is 4.79 Å². The molecule has 1 heterocycles. The molecule has 0 aromatic carbocycles. The number of hydrogen-bond acceptors (Lipinski definition) is 5. The summed E-state index contributed by atoms with van der Waals surface area (Å²) in [6.45, 7) is 1.69. The molecule has 1 aromatic rings. The van der Waals surface area contributed by atoms with Crippen LogP contribution in [-0.4, -0.2) is 29.0 Å². The quantitative estimate of drug-likeness (QED) is 0.647. The molecule has 0 aliphatic rings. The maximum atomic E-state index is 11.2. The molecule has 0 radical (unpaired) electrons. The van der Waals surface area contributed by atoms with E-state index in [2.05, 4.69) is 20.6 Å². The molecule has 0 saturated carbocycles. The zero-order valence-corrected chi connectivity index (χ0v) is 9.17. The molecule has 82 valence electrons. The van der Waals surface area contributed by atoms with Crippen molar-refractivity contribution in [2.75, 3.05) is 18.1 Å². The van der Waals surface area contributed by atoms with E-state index in [4.69, 9.17) is 17.3 Å². The number of likely N-dealkylation sites (N-methyl/N-ethyl adjacent to an activating group) is 1. The second kappa shape index (κ2) is 4.79. The van der Waals surface area contributed by atoms with Crippen molar-refractivity contribution in [3.8, 4) is 0 Å². The Balaban J connectivity index is 2.81. The molecule has 0 saturated heterocycles. The zero-order valence-electron chi connectivity index (χ0n) is 8.41. The third kappa shape index (κ3) is 2.69. The first kappa shape index (κ1) is 11.5. The summed E-state index contributed by atoms with van der Waals surface area (Å²) in [5.74, 6) is 0.190. The predicted molar refractivity (Wildman–Crippen MR) is 58.6 cm³/mol. The molecule has 0 aliphatic carbocycles. The smallest absolute Gasteiger partial charge is 0.241 e. The number of carbonyl (C=O) groups is 1. The number of nitrogens with one attached hydrogen (secondary N) is 2. The first-order valence-corrected chi connectivity index (χ1v) is 4.68. The summed E-state index contributed by atoms with van der Waals surface area (Å²) in [5.41, 5.74) is 5.85. The van der Waals surface area contributed by atoms with E-state index in [1.165, 1.54) is 6.33 Å². The molecule has 1 amide bonds. The van der Waals surface area contributed by atoms with Crippen LogP contribution in [0.1, 0.15) is 6.92 Å². The molecule has 6 nitrogen and oxygen atoms in total. The van der Waals surface area contributed by atoms with Crippen LogP contribution in [0.3, 0.4) is 0 Å². The Bertz CT molecular complexity index is 370. The van der Waals surface area contributed by atoms with Crippen LogP contribution < -0.4 is 16.4 Å². The Morgan fingerprint density at radius 3 is 2.87 bits per heavy atom. The van der Waals surface area contributed by atoms with Crippen LogP contribution in [0.5, 0.6) is 0 Å². The van der Waals surface area contributed by atoms with Gasteiger partial charge in [-0.3, -0.25) is 4.79 Å². The number of carbonyl (C=O) groups excluding carboxylic acids is 1. The van der Waals surface area contributed by atoms with Crippen LogP contribution in [0.4, 0.5) is 11.5 Å². The molecule has 0 spiro atoms. The second-order valence-electron chi connectivity index (χ2n) is 2.91.